The lowest BCUT2D eigenvalue weighted by Crippen LogP contribution is -2.14. The minimum atomic E-state index is 0.610. The second kappa shape index (κ2) is 7.31. The van der Waals surface area contributed by atoms with Crippen LogP contribution in [-0.4, -0.2) is 22.9 Å². The SMILES string of the molecule is CCNCc1c(Cl)cccc1OCCc1ccnn1C. The maximum Gasteiger partial charge on any atom is 0.125 e. The minimum absolute atomic E-state index is 0.610. The van der Waals surface area contributed by atoms with E-state index < -0.39 is 0 Å². The Morgan fingerprint density at radius 1 is 1.35 bits per heavy atom. The molecule has 108 valence electrons. The third kappa shape index (κ3) is 3.74. The van der Waals surface area contributed by atoms with E-state index in [1.165, 1.54) is 0 Å². The van der Waals surface area contributed by atoms with Crippen molar-refractivity contribution >= 4 is 11.6 Å². The van der Waals surface area contributed by atoms with Crippen molar-refractivity contribution in [1.82, 2.24) is 15.1 Å². The van der Waals surface area contributed by atoms with E-state index in [1.807, 2.05) is 36.0 Å². The summed E-state index contributed by atoms with van der Waals surface area (Å²) in [5, 5.41) is 8.16. The van der Waals surface area contributed by atoms with Gasteiger partial charge in [0.15, 0.2) is 0 Å². The first-order valence-electron chi connectivity index (χ1n) is 6.80. The van der Waals surface area contributed by atoms with Gasteiger partial charge in [0, 0.05) is 42.5 Å². The Hall–Kier alpha value is -1.52. The number of aryl methyl sites for hydroxylation is 1. The number of benzene rings is 1. The molecule has 0 radical (unpaired) electrons. The lowest BCUT2D eigenvalue weighted by Gasteiger charge is -2.13. The molecule has 0 spiro atoms. The van der Waals surface area contributed by atoms with E-state index in [1.54, 1.807) is 6.20 Å². The maximum absolute atomic E-state index is 6.23. The van der Waals surface area contributed by atoms with Crippen molar-refractivity contribution in [2.24, 2.45) is 7.05 Å². The number of nitrogens with zero attached hydrogens (tertiary/aromatic N) is 2. The zero-order chi connectivity index (χ0) is 14.4. The zero-order valence-corrected chi connectivity index (χ0v) is 12.7. The van der Waals surface area contributed by atoms with Gasteiger partial charge in [-0.2, -0.15) is 5.10 Å². The van der Waals surface area contributed by atoms with Crippen LogP contribution in [0.15, 0.2) is 30.5 Å². The normalized spacial score (nSPS) is 10.8. The molecule has 20 heavy (non-hydrogen) atoms. The van der Waals surface area contributed by atoms with Crippen LogP contribution in [0.5, 0.6) is 5.75 Å². The van der Waals surface area contributed by atoms with Gasteiger partial charge in [0.05, 0.1) is 6.61 Å². The Bertz CT molecular complexity index is 554. The molecule has 1 N–H and O–H groups in total. The van der Waals surface area contributed by atoms with Gasteiger partial charge in [-0.1, -0.05) is 24.6 Å². The van der Waals surface area contributed by atoms with E-state index in [-0.39, 0.29) is 0 Å². The summed E-state index contributed by atoms with van der Waals surface area (Å²) >= 11 is 6.23. The van der Waals surface area contributed by atoms with Crippen molar-refractivity contribution in [3.8, 4) is 5.75 Å². The molecule has 1 heterocycles. The fraction of sp³-hybridized carbons (Fsp3) is 0.400. The highest BCUT2D eigenvalue weighted by Crippen LogP contribution is 2.26. The minimum Gasteiger partial charge on any atom is -0.493 e. The van der Waals surface area contributed by atoms with Crippen LogP contribution in [0.25, 0.3) is 0 Å². The summed E-state index contributed by atoms with van der Waals surface area (Å²) in [6.45, 7) is 4.30. The first-order valence-corrected chi connectivity index (χ1v) is 7.18. The van der Waals surface area contributed by atoms with Gasteiger partial charge in [-0.05, 0) is 24.7 Å². The second-order valence-corrected chi connectivity index (χ2v) is 4.95. The van der Waals surface area contributed by atoms with E-state index in [0.717, 1.165) is 41.5 Å². The molecule has 0 bridgehead atoms. The number of hydrogen-bond donors (Lipinski definition) is 1. The average Bonchev–Trinajstić information content (AvgIpc) is 2.84. The lowest BCUT2D eigenvalue weighted by molar-refractivity contribution is 0.314. The zero-order valence-electron chi connectivity index (χ0n) is 11.9. The first kappa shape index (κ1) is 14.9. The molecule has 1 aromatic heterocycles. The maximum atomic E-state index is 6.23. The van der Waals surface area contributed by atoms with E-state index in [9.17, 15) is 0 Å². The van der Waals surface area contributed by atoms with Crippen molar-refractivity contribution in [1.29, 1.82) is 0 Å². The molecule has 2 rings (SSSR count). The number of ether oxygens (including phenoxy) is 1. The van der Waals surface area contributed by atoms with Crippen LogP contribution in [0.3, 0.4) is 0 Å². The van der Waals surface area contributed by atoms with Gasteiger partial charge in [-0.25, -0.2) is 0 Å². The fourth-order valence-electron chi connectivity index (χ4n) is 2.01. The highest BCUT2D eigenvalue weighted by atomic mass is 35.5. The van der Waals surface area contributed by atoms with Crippen molar-refractivity contribution in [2.75, 3.05) is 13.2 Å². The van der Waals surface area contributed by atoms with Gasteiger partial charge in [0.1, 0.15) is 5.75 Å². The van der Waals surface area contributed by atoms with Gasteiger partial charge >= 0.3 is 0 Å². The average molecular weight is 294 g/mol. The van der Waals surface area contributed by atoms with Gasteiger partial charge in [-0.3, -0.25) is 4.68 Å². The summed E-state index contributed by atoms with van der Waals surface area (Å²) in [4.78, 5) is 0. The smallest absolute Gasteiger partial charge is 0.125 e. The molecule has 0 saturated carbocycles. The molecule has 0 aliphatic heterocycles. The van der Waals surface area contributed by atoms with Gasteiger partial charge in [0.2, 0.25) is 0 Å². The van der Waals surface area contributed by atoms with E-state index in [4.69, 9.17) is 16.3 Å². The summed E-state index contributed by atoms with van der Waals surface area (Å²) in [7, 11) is 1.94. The Morgan fingerprint density at radius 2 is 2.20 bits per heavy atom. The quantitative estimate of drug-likeness (QED) is 0.853. The van der Waals surface area contributed by atoms with Crippen LogP contribution in [0, 0.1) is 0 Å². The standard InChI is InChI=1S/C15H20ClN3O/c1-3-17-11-13-14(16)5-4-6-15(13)20-10-8-12-7-9-18-19(12)2/h4-7,9,17H,3,8,10-11H2,1-2H3. The molecular formula is C15H20ClN3O. The molecule has 0 amide bonds. The van der Waals surface area contributed by atoms with Crippen LogP contribution < -0.4 is 10.1 Å². The predicted molar refractivity (Wildman–Crippen MR) is 81.2 cm³/mol. The summed E-state index contributed by atoms with van der Waals surface area (Å²) in [5.41, 5.74) is 2.17. The molecule has 0 atom stereocenters. The Labute approximate surface area is 124 Å². The van der Waals surface area contributed by atoms with E-state index in [0.29, 0.717) is 6.61 Å². The third-order valence-electron chi connectivity index (χ3n) is 3.17. The first-order chi connectivity index (χ1) is 9.72. The summed E-state index contributed by atoms with van der Waals surface area (Å²) < 4.78 is 7.74. The fourth-order valence-corrected chi connectivity index (χ4v) is 2.24. The van der Waals surface area contributed by atoms with Crippen molar-refractivity contribution in [2.45, 2.75) is 19.9 Å². The molecule has 5 heteroatoms. The largest absolute Gasteiger partial charge is 0.493 e. The highest BCUT2D eigenvalue weighted by molar-refractivity contribution is 6.31. The number of nitrogens with one attached hydrogen (secondary N) is 1. The Balaban J connectivity index is 1.98. The molecule has 0 aliphatic rings. The molecule has 1 aromatic carbocycles. The third-order valence-corrected chi connectivity index (χ3v) is 3.52. The van der Waals surface area contributed by atoms with Gasteiger partial charge in [0.25, 0.3) is 0 Å². The van der Waals surface area contributed by atoms with Crippen molar-refractivity contribution in [3.05, 3.63) is 46.7 Å². The number of aromatic nitrogens is 2. The monoisotopic (exact) mass is 293 g/mol. The molecule has 0 fully saturated rings. The van der Waals surface area contributed by atoms with Gasteiger partial charge < -0.3 is 10.1 Å². The predicted octanol–water partition coefficient (Wildman–Crippen LogP) is 2.80. The van der Waals surface area contributed by atoms with Gasteiger partial charge in [-0.15, -0.1) is 0 Å². The highest BCUT2D eigenvalue weighted by Gasteiger charge is 2.08. The van der Waals surface area contributed by atoms with Crippen LogP contribution >= 0.6 is 11.6 Å². The van der Waals surface area contributed by atoms with Crippen LogP contribution in [0.1, 0.15) is 18.2 Å². The van der Waals surface area contributed by atoms with Crippen molar-refractivity contribution in [3.63, 3.8) is 0 Å². The van der Waals surface area contributed by atoms with E-state index in [2.05, 4.69) is 17.3 Å². The second-order valence-electron chi connectivity index (χ2n) is 4.54. The molecule has 2 aromatic rings. The molecule has 4 nitrogen and oxygen atoms in total. The van der Waals surface area contributed by atoms with Crippen LogP contribution in [0.2, 0.25) is 5.02 Å². The summed E-state index contributed by atoms with van der Waals surface area (Å²) in [6, 6.07) is 7.77. The number of rotatable bonds is 7. The topological polar surface area (TPSA) is 39.1 Å². The molecule has 0 aliphatic carbocycles. The molecule has 0 saturated heterocycles. The Morgan fingerprint density at radius 3 is 2.90 bits per heavy atom. The lowest BCUT2D eigenvalue weighted by atomic mass is 10.2. The summed E-state index contributed by atoms with van der Waals surface area (Å²) in [5.74, 6) is 0.848. The molecular weight excluding hydrogens is 274 g/mol. The van der Waals surface area contributed by atoms with Crippen LogP contribution in [-0.2, 0) is 20.0 Å². The Kier molecular flexibility index (Phi) is 5.44. The van der Waals surface area contributed by atoms with E-state index >= 15 is 0 Å². The number of hydrogen-bond acceptors (Lipinski definition) is 3. The van der Waals surface area contributed by atoms with Crippen LogP contribution in [0.4, 0.5) is 0 Å². The number of halogens is 1. The summed E-state index contributed by atoms with van der Waals surface area (Å²) in [6.07, 6.45) is 2.62. The van der Waals surface area contributed by atoms with Crippen molar-refractivity contribution < 1.29 is 4.74 Å². The molecule has 0 unspecified atom stereocenters.